The van der Waals surface area contributed by atoms with Gasteiger partial charge in [0.2, 0.25) is 0 Å². The van der Waals surface area contributed by atoms with E-state index in [1.165, 1.54) is 0 Å². The Morgan fingerprint density at radius 1 is 0.846 bits per heavy atom. The van der Waals surface area contributed by atoms with E-state index < -0.39 is 0 Å². The van der Waals surface area contributed by atoms with E-state index in [1.54, 1.807) is 0 Å². The maximum absolute atomic E-state index is 3.81. The summed E-state index contributed by atoms with van der Waals surface area (Å²) < 4.78 is 0. The summed E-state index contributed by atoms with van der Waals surface area (Å²) in [4.78, 5) is 2.22. The first kappa shape index (κ1) is 30.4. The Kier molecular flexibility index (Phi) is 38.3. The van der Waals surface area contributed by atoms with Crippen molar-refractivity contribution in [1.29, 1.82) is 0 Å². The van der Waals surface area contributed by atoms with Crippen molar-refractivity contribution in [3.63, 3.8) is 0 Å². The summed E-state index contributed by atoms with van der Waals surface area (Å²) in [6.07, 6.45) is 0. The fourth-order valence-corrected chi connectivity index (χ4v) is 0.783. The molecule has 0 unspecified atom stereocenters. The largest absolute Gasteiger partial charge is 0.358 e. The van der Waals surface area contributed by atoms with Crippen LogP contribution < -0.4 is 0 Å². The molecule has 0 heterocycles. The zero-order valence-corrected chi connectivity index (χ0v) is 20.4. The minimum Gasteiger partial charge on any atom is -0.358 e. The molecule has 4 radical (unpaired) electrons. The molecule has 5 heteroatoms. The van der Waals surface area contributed by atoms with E-state index in [0.29, 0.717) is 0 Å². The van der Waals surface area contributed by atoms with Gasteiger partial charge in [-0.2, -0.15) is 0 Å². The van der Waals surface area contributed by atoms with Crippen LogP contribution in [0.5, 0.6) is 0 Å². The number of rotatable bonds is 2. The molecule has 0 atom stereocenters. The van der Waals surface area contributed by atoms with Gasteiger partial charge < -0.3 is 18.7 Å². The summed E-state index contributed by atoms with van der Waals surface area (Å²) in [5.41, 5.74) is 0.226. The number of hydrogen-bond acceptors (Lipinski definition) is 1. The van der Waals surface area contributed by atoms with Crippen molar-refractivity contribution in [3.05, 3.63) is 13.8 Å². The van der Waals surface area contributed by atoms with Crippen LogP contribution in [-0.4, -0.2) is 23.5 Å². The van der Waals surface area contributed by atoms with Crippen molar-refractivity contribution in [2.45, 2.75) is 26.3 Å². The number of hydrogen-bond donors (Lipinski definition) is 0. The topological polar surface area (TPSA) is 3.24 Å². The second-order valence-electron chi connectivity index (χ2n) is 3.16. The summed E-state index contributed by atoms with van der Waals surface area (Å²) in [7, 11) is 0. The van der Waals surface area contributed by atoms with Gasteiger partial charge in [0.15, 0.2) is 0 Å². The molecule has 0 aromatic heterocycles. The van der Waals surface area contributed by atoms with Crippen molar-refractivity contribution >= 4 is 0 Å². The zero-order valence-electron chi connectivity index (χ0n) is 9.09. The molecule has 0 bridgehead atoms. The first-order valence-electron chi connectivity index (χ1n) is 3.36. The molecular formula is C8H17NY4-2. The Morgan fingerprint density at radius 2 is 1.08 bits per heavy atom. The maximum atomic E-state index is 3.81. The van der Waals surface area contributed by atoms with Gasteiger partial charge in [-0.15, -0.1) is 13.1 Å². The first-order chi connectivity index (χ1) is 4.02. The van der Waals surface area contributed by atoms with Crippen molar-refractivity contribution in [2.75, 3.05) is 13.1 Å². The third-order valence-corrected chi connectivity index (χ3v) is 1.49. The number of nitrogens with zero attached hydrogens (tertiary/aromatic N) is 1. The third kappa shape index (κ3) is 16.4. The third-order valence-electron chi connectivity index (χ3n) is 1.49. The average Bonchev–Trinajstić information content (AvgIpc) is 1.65. The van der Waals surface area contributed by atoms with Crippen LogP contribution in [0.15, 0.2) is 0 Å². The second kappa shape index (κ2) is 16.4. The quantitative estimate of drug-likeness (QED) is 0.542. The molecule has 0 saturated carbocycles. The maximum Gasteiger partial charge on any atom is 0.00714 e. The van der Waals surface area contributed by atoms with Gasteiger partial charge in [-0.1, -0.05) is 0 Å². The summed E-state index contributed by atoms with van der Waals surface area (Å²) in [6.45, 7) is 15.8. The van der Waals surface area contributed by atoms with Crippen molar-refractivity contribution < 1.29 is 131 Å². The van der Waals surface area contributed by atoms with Gasteiger partial charge in [-0.3, -0.25) is 0 Å². The predicted molar refractivity (Wildman–Crippen MR) is 42.0 cm³/mol. The summed E-state index contributed by atoms with van der Waals surface area (Å²) in [5, 5.41) is 0. The van der Waals surface area contributed by atoms with Crippen LogP contribution in [0.1, 0.15) is 20.8 Å². The van der Waals surface area contributed by atoms with Gasteiger partial charge in [0.1, 0.15) is 0 Å². The minimum atomic E-state index is 0. The Balaban J connectivity index is -0.0000000533. The standard InChI is InChI=1S/C8H17N.4Y/c1-6-9(7-2)8(3,4)5;;;;/h1-2,6-7H2,3-5H3;;;;/q-2;;;;. The van der Waals surface area contributed by atoms with E-state index in [2.05, 4.69) is 39.5 Å². The summed E-state index contributed by atoms with van der Waals surface area (Å²) in [5.74, 6) is 0. The molecule has 0 rings (SSSR count). The monoisotopic (exact) mass is 483 g/mol. The van der Waals surface area contributed by atoms with Gasteiger partial charge in [-0.25, -0.2) is 0 Å². The molecule has 0 N–H and O–H groups in total. The fourth-order valence-electron chi connectivity index (χ4n) is 0.783. The van der Waals surface area contributed by atoms with Crippen molar-refractivity contribution in [2.24, 2.45) is 0 Å². The molecule has 0 aromatic rings. The molecule has 68 valence electrons. The predicted octanol–water partition coefficient (Wildman–Crippen LogP) is 1.75. The molecule has 13 heavy (non-hydrogen) atoms. The molecule has 0 spiro atoms. The van der Waals surface area contributed by atoms with Crippen LogP contribution in [0, 0.1) is 13.8 Å². The smallest absolute Gasteiger partial charge is 0.00714 e. The van der Waals surface area contributed by atoms with Crippen molar-refractivity contribution in [3.8, 4) is 0 Å². The summed E-state index contributed by atoms with van der Waals surface area (Å²) >= 11 is 0. The summed E-state index contributed by atoms with van der Waals surface area (Å²) in [6, 6.07) is 0. The SMILES string of the molecule is [CH2-]CN(C[CH2-])C(C)(C)C.[Y].[Y].[Y].[Y]. The minimum absolute atomic E-state index is 0. The Hall–Kier alpha value is 4.38. The van der Waals surface area contributed by atoms with E-state index >= 15 is 0 Å². The second-order valence-corrected chi connectivity index (χ2v) is 3.16. The normalized spacial score (nSPS) is 8.77. The Morgan fingerprint density at radius 3 is 1.08 bits per heavy atom. The average molecular weight is 483 g/mol. The van der Waals surface area contributed by atoms with Gasteiger partial charge in [-0.05, 0) is 20.8 Å². The zero-order chi connectivity index (χ0) is 7.49. The van der Waals surface area contributed by atoms with E-state index in [0.717, 1.165) is 13.1 Å². The molecule has 1 nitrogen and oxygen atoms in total. The molecule has 0 aromatic carbocycles. The van der Waals surface area contributed by atoms with Crippen LogP contribution in [0.2, 0.25) is 0 Å². The molecule has 0 aliphatic carbocycles. The molecule has 0 aliphatic heterocycles. The van der Waals surface area contributed by atoms with Gasteiger partial charge in [0.25, 0.3) is 0 Å². The van der Waals surface area contributed by atoms with E-state index in [-0.39, 0.29) is 136 Å². The molecule has 0 amide bonds. The van der Waals surface area contributed by atoms with E-state index in [4.69, 9.17) is 0 Å². The van der Waals surface area contributed by atoms with Crippen LogP contribution in [-0.2, 0) is 131 Å². The Labute approximate surface area is 185 Å². The fraction of sp³-hybridized carbons (Fsp3) is 0.750. The van der Waals surface area contributed by atoms with Crippen LogP contribution in [0.4, 0.5) is 0 Å². The van der Waals surface area contributed by atoms with Crippen LogP contribution in [0.25, 0.3) is 0 Å². The van der Waals surface area contributed by atoms with Gasteiger partial charge >= 0.3 is 0 Å². The van der Waals surface area contributed by atoms with Gasteiger partial charge in [0, 0.05) is 136 Å². The van der Waals surface area contributed by atoms with E-state index in [9.17, 15) is 0 Å². The van der Waals surface area contributed by atoms with Crippen LogP contribution >= 0.6 is 0 Å². The van der Waals surface area contributed by atoms with Crippen LogP contribution in [0.3, 0.4) is 0 Å². The van der Waals surface area contributed by atoms with Gasteiger partial charge in [0.05, 0.1) is 0 Å². The molecular weight excluding hydrogens is 466 g/mol. The van der Waals surface area contributed by atoms with Crippen molar-refractivity contribution in [1.82, 2.24) is 4.90 Å². The Bertz CT molecular complexity index is 78.7. The van der Waals surface area contributed by atoms with E-state index in [1.807, 2.05) is 0 Å². The first-order valence-corrected chi connectivity index (χ1v) is 3.36. The molecule has 0 fully saturated rings. The molecule has 0 saturated heterocycles. The molecule has 0 aliphatic rings.